The summed E-state index contributed by atoms with van der Waals surface area (Å²) in [7, 11) is -3.59. The molecule has 1 saturated heterocycles. The van der Waals surface area contributed by atoms with Crippen LogP contribution in [0.15, 0.2) is 83.8 Å². The van der Waals surface area contributed by atoms with Gasteiger partial charge in [0.1, 0.15) is 0 Å². The van der Waals surface area contributed by atoms with E-state index in [0.717, 1.165) is 12.8 Å². The summed E-state index contributed by atoms with van der Waals surface area (Å²) in [6.07, 6.45) is 1.70. The van der Waals surface area contributed by atoms with E-state index >= 15 is 0 Å². The molecule has 3 aromatic carbocycles. The number of amides is 1. The molecule has 0 aliphatic carbocycles. The molecule has 0 saturated carbocycles. The van der Waals surface area contributed by atoms with E-state index in [-0.39, 0.29) is 21.8 Å². The summed E-state index contributed by atoms with van der Waals surface area (Å²) in [6, 6.07) is 21.5. The average Bonchev–Trinajstić information content (AvgIpc) is 3.35. The SMILES string of the molecule is O=C(Nc1cccc(S(=O)(=O)N2CCCC2)c1)c1ccccc1C(=O)c1ccccc1. The van der Waals surface area contributed by atoms with Gasteiger partial charge in [0, 0.05) is 29.9 Å². The number of nitrogens with one attached hydrogen (secondary N) is 1. The van der Waals surface area contributed by atoms with Gasteiger partial charge in [0.25, 0.3) is 5.91 Å². The Morgan fingerprint density at radius 2 is 1.42 bits per heavy atom. The van der Waals surface area contributed by atoms with Crippen molar-refractivity contribution in [2.24, 2.45) is 0 Å². The quantitative estimate of drug-likeness (QED) is 0.596. The Bertz CT molecular complexity index is 1220. The number of hydrogen-bond donors (Lipinski definition) is 1. The maximum absolute atomic E-state index is 13.0. The highest BCUT2D eigenvalue weighted by molar-refractivity contribution is 7.89. The van der Waals surface area contributed by atoms with Gasteiger partial charge in [-0.05, 0) is 37.1 Å². The van der Waals surface area contributed by atoms with E-state index in [9.17, 15) is 18.0 Å². The van der Waals surface area contributed by atoms with Crippen LogP contribution in [0.2, 0.25) is 0 Å². The maximum Gasteiger partial charge on any atom is 0.256 e. The van der Waals surface area contributed by atoms with Crippen LogP contribution in [0.4, 0.5) is 5.69 Å². The zero-order valence-corrected chi connectivity index (χ0v) is 17.6. The van der Waals surface area contributed by atoms with Gasteiger partial charge in [0.05, 0.1) is 10.5 Å². The van der Waals surface area contributed by atoms with Gasteiger partial charge < -0.3 is 5.32 Å². The molecule has 7 heteroatoms. The lowest BCUT2D eigenvalue weighted by Crippen LogP contribution is -2.28. The van der Waals surface area contributed by atoms with Crippen molar-refractivity contribution < 1.29 is 18.0 Å². The van der Waals surface area contributed by atoms with Gasteiger partial charge in [-0.3, -0.25) is 9.59 Å². The molecule has 1 aliphatic heterocycles. The van der Waals surface area contributed by atoms with E-state index in [2.05, 4.69) is 5.32 Å². The molecule has 31 heavy (non-hydrogen) atoms. The first-order valence-corrected chi connectivity index (χ1v) is 11.5. The standard InChI is InChI=1S/C24H22N2O4S/c27-23(18-9-2-1-3-10-18)21-13-4-5-14-22(21)24(28)25-19-11-8-12-20(17-19)31(29,30)26-15-6-7-16-26/h1-5,8-14,17H,6-7,15-16H2,(H,25,28). The molecule has 0 bridgehead atoms. The minimum absolute atomic E-state index is 0.140. The van der Waals surface area contributed by atoms with Crippen LogP contribution in [0, 0.1) is 0 Å². The van der Waals surface area contributed by atoms with Crippen LogP contribution < -0.4 is 5.32 Å². The van der Waals surface area contributed by atoms with Crippen LogP contribution in [0.1, 0.15) is 39.1 Å². The fourth-order valence-electron chi connectivity index (χ4n) is 3.63. The summed E-state index contributed by atoms with van der Waals surface area (Å²) in [6.45, 7) is 1.02. The van der Waals surface area contributed by atoms with Crippen molar-refractivity contribution in [3.8, 4) is 0 Å². The molecule has 0 spiro atoms. The third-order valence-electron chi connectivity index (χ3n) is 5.25. The molecule has 1 fully saturated rings. The minimum Gasteiger partial charge on any atom is -0.322 e. The van der Waals surface area contributed by atoms with Gasteiger partial charge >= 0.3 is 0 Å². The Kier molecular flexibility index (Phi) is 5.97. The van der Waals surface area contributed by atoms with Crippen LogP contribution in [0.5, 0.6) is 0 Å². The highest BCUT2D eigenvalue weighted by Gasteiger charge is 2.27. The lowest BCUT2D eigenvalue weighted by atomic mass is 9.98. The molecule has 1 N–H and O–H groups in total. The summed E-state index contributed by atoms with van der Waals surface area (Å²) in [5.41, 5.74) is 1.35. The molecular weight excluding hydrogens is 412 g/mol. The molecular formula is C24H22N2O4S. The largest absolute Gasteiger partial charge is 0.322 e. The molecule has 1 aliphatic rings. The molecule has 1 heterocycles. The van der Waals surface area contributed by atoms with E-state index in [4.69, 9.17) is 0 Å². The fourth-order valence-corrected chi connectivity index (χ4v) is 5.20. The molecule has 0 radical (unpaired) electrons. The Morgan fingerprint density at radius 3 is 2.13 bits per heavy atom. The zero-order chi connectivity index (χ0) is 21.8. The predicted octanol–water partition coefficient (Wildman–Crippen LogP) is 3.95. The van der Waals surface area contributed by atoms with E-state index in [1.165, 1.54) is 16.4 Å². The topological polar surface area (TPSA) is 83.6 Å². The molecule has 1 amide bonds. The summed E-state index contributed by atoms with van der Waals surface area (Å²) < 4.78 is 27.1. The Balaban J connectivity index is 1.59. The first-order chi connectivity index (χ1) is 15.0. The van der Waals surface area contributed by atoms with Crippen molar-refractivity contribution in [3.63, 3.8) is 0 Å². The molecule has 6 nitrogen and oxygen atoms in total. The first-order valence-electron chi connectivity index (χ1n) is 10.1. The van der Waals surface area contributed by atoms with E-state index in [1.54, 1.807) is 60.7 Å². The van der Waals surface area contributed by atoms with Crippen molar-refractivity contribution in [2.45, 2.75) is 17.7 Å². The Labute approximate surface area is 181 Å². The number of nitrogens with zero attached hydrogens (tertiary/aromatic N) is 1. The molecule has 3 aromatic rings. The number of sulfonamides is 1. The van der Waals surface area contributed by atoms with Crippen molar-refractivity contribution in [2.75, 3.05) is 18.4 Å². The number of anilines is 1. The highest BCUT2D eigenvalue weighted by Crippen LogP contribution is 2.24. The zero-order valence-electron chi connectivity index (χ0n) is 16.8. The summed E-state index contributed by atoms with van der Waals surface area (Å²) in [4.78, 5) is 26.0. The van der Waals surface area contributed by atoms with Crippen LogP contribution in [0.25, 0.3) is 0 Å². The monoisotopic (exact) mass is 434 g/mol. The van der Waals surface area contributed by atoms with Crippen LogP contribution in [-0.2, 0) is 10.0 Å². The van der Waals surface area contributed by atoms with Crippen molar-refractivity contribution in [1.29, 1.82) is 0 Å². The number of ketones is 1. The molecule has 158 valence electrons. The third kappa shape index (κ3) is 4.42. The second kappa shape index (κ2) is 8.83. The van der Waals surface area contributed by atoms with Crippen LogP contribution in [-0.4, -0.2) is 37.5 Å². The predicted molar refractivity (Wildman–Crippen MR) is 119 cm³/mol. The normalized spacial score (nSPS) is 14.3. The lowest BCUT2D eigenvalue weighted by molar-refractivity contribution is 0.0996. The van der Waals surface area contributed by atoms with E-state index in [1.807, 2.05) is 6.07 Å². The number of carbonyl (C=O) groups excluding carboxylic acids is 2. The lowest BCUT2D eigenvalue weighted by Gasteiger charge is -2.16. The smallest absolute Gasteiger partial charge is 0.256 e. The summed E-state index contributed by atoms with van der Waals surface area (Å²) in [5, 5.41) is 2.73. The molecule has 0 unspecified atom stereocenters. The summed E-state index contributed by atoms with van der Waals surface area (Å²) >= 11 is 0. The van der Waals surface area contributed by atoms with Crippen LogP contribution in [0.3, 0.4) is 0 Å². The summed E-state index contributed by atoms with van der Waals surface area (Å²) in [5.74, 6) is -0.729. The third-order valence-corrected chi connectivity index (χ3v) is 7.14. The molecule has 0 atom stereocenters. The Morgan fingerprint density at radius 1 is 0.774 bits per heavy atom. The van der Waals surface area contributed by atoms with Crippen molar-refractivity contribution in [3.05, 3.63) is 95.6 Å². The van der Waals surface area contributed by atoms with Gasteiger partial charge in [0.2, 0.25) is 10.0 Å². The Hall–Kier alpha value is -3.29. The van der Waals surface area contributed by atoms with Gasteiger partial charge in [-0.25, -0.2) is 8.42 Å². The molecule has 4 rings (SSSR count). The second-order valence-corrected chi connectivity index (χ2v) is 9.27. The van der Waals surface area contributed by atoms with Gasteiger partial charge in [0.15, 0.2) is 5.78 Å². The second-order valence-electron chi connectivity index (χ2n) is 7.33. The number of carbonyl (C=O) groups is 2. The number of hydrogen-bond acceptors (Lipinski definition) is 4. The van der Waals surface area contributed by atoms with Crippen molar-refractivity contribution >= 4 is 27.4 Å². The van der Waals surface area contributed by atoms with E-state index in [0.29, 0.717) is 24.3 Å². The van der Waals surface area contributed by atoms with Gasteiger partial charge in [-0.15, -0.1) is 0 Å². The fraction of sp³-hybridized carbons (Fsp3) is 0.167. The maximum atomic E-state index is 13.0. The number of benzene rings is 3. The highest BCUT2D eigenvalue weighted by atomic mass is 32.2. The first kappa shape index (κ1) is 21.0. The van der Waals surface area contributed by atoms with Crippen LogP contribution >= 0.6 is 0 Å². The number of rotatable bonds is 6. The van der Waals surface area contributed by atoms with E-state index < -0.39 is 15.9 Å². The minimum atomic E-state index is -3.59. The average molecular weight is 435 g/mol. The molecule has 0 aromatic heterocycles. The van der Waals surface area contributed by atoms with Crippen molar-refractivity contribution in [1.82, 2.24) is 4.31 Å². The van der Waals surface area contributed by atoms with Gasteiger partial charge in [-0.2, -0.15) is 4.31 Å². The van der Waals surface area contributed by atoms with Gasteiger partial charge in [-0.1, -0.05) is 54.6 Å².